The number of nitrogens with one attached hydrogen (secondary N) is 1. The summed E-state index contributed by atoms with van der Waals surface area (Å²) in [5.41, 5.74) is 2.12. The van der Waals surface area contributed by atoms with E-state index in [0.29, 0.717) is 26.3 Å². The van der Waals surface area contributed by atoms with Crippen molar-refractivity contribution in [1.82, 2.24) is 9.97 Å². The van der Waals surface area contributed by atoms with E-state index >= 15 is 0 Å². The molecule has 1 aromatic heterocycles. The Bertz CT molecular complexity index is 427. The van der Waals surface area contributed by atoms with Crippen LogP contribution in [0.25, 0.3) is 0 Å². The number of rotatable bonds is 7. The number of aromatic nitrogens is 2. The first kappa shape index (κ1) is 16.4. The van der Waals surface area contributed by atoms with Gasteiger partial charge in [0.2, 0.25) is 5.82 Å². The molecule has 0 fully saturated rings. The number of nitrogen functional groups attached to an aromatic ring is 1. The Kier molecular flexibility index (Phi) is 5.96. The van der Waals surface area contributed by atoms with E-state index in [2.05, 4.69) is 15.4 Å². The molecule has 0 aliphatic carbocycles. The zero-order chi connectivity index (χ0) is 15.2. The van der Waals surface area contributed by atoms with Crippen molar-refractivity contribution in [3.05, 3.63) is 11.9 Å². The highest BCUT2D eigenvalue weighted by Crippen LogP contribution is 2.29. The molecule has 1 rings (SSSR count). The maximum Gasteiger partial charge on any atom is 0.451 e. The third kappa shape index (κ3) is 4.49. The van der Waals surface area contributed by atoms with Crippen molar-refractivity contribution in [2.24, 2.45) is 5.84 Å². The zero-order valence-corrected chi connectivity index (χ0v) is 11.4. The summed E-state index contributed by atoms with van der Waals surface area (Å²) in [4.78, 5) is 8.51. The van der Waals surface area contributed by atoms with E-state index in [0.717, 1.165) is 0 Å². The largest absolute Gasteiger partial charge is 0.451 e. The molecule has 1 heterocycles. The highest BCUT2D eigenvalue weighted by molar-refractivity contribution is 5.49. The zero-order valence-electron chi connectivity index (χ0n) is 11.4. The Morgan fingerprint density at radius 2 is 2.05 bits per heavy atom. The van der Waals surface area contributed by atoms with Gasteiger partial charge in [-0.2, -0.15) is 13.2 Å². The Hall–Kier alpha value is -1.61. The van der Waals surface area contributed by atoms with Crippen LogP contribution in [0.4, 0.5) is 24.8 Å². The van der Waals surface area contributed by atoms with Crippen LogP contribution in [-0.2, 0) is 10.9 Å². The average molecular weight is 293 g/mol. The third-order valence-electron chi connectivity index (χ3n) is 2.53. The molecule has 0 aliphatic heterocycles. The topological polar surface area (TPSA) is 76.3 Å². The van der Waals surface area contributed by atoms with Gasteiger partial charge >= 0.3 is 6.18 Å². The number of halogens is 3. The predicted molar refractivity (Wildman–Crippen MR) is 69.2 cm³/mol. The molecule has 0 spiro atoms. The van der Waals surface area contributed by atoms with E-state index in [1.54, 1.807) is 4.90 Å². The van der Waals surface area contributed by atoms with Crippen LogP contribution in [0, 0.1) is 0 Å². The first-order valence-electron chi connectivity index (χ1n) is 6.18. The summed E-state index contributed by atoms with van der Waals surface area (Å²) in [5, 5.41) is 0. The summed E-state index contributed by atoms with van der Waals surface area (Å²) in [6.07, 6.45) is -4.62. The SMILES string of the molecule is CCOCCN(CC)c1cc(NN)nc(C(F)(F)F)n1. The number of ether oxygens (including phenoxy) is 1. The van der Waals surface area contributed by atoms with Crippen molar-refractivity contribution >= 4 is 11.6 Å². The number of hydrogen-bond donors (Lipinski definition) is 2. The van der Waals surface area contributed by atoms with Crippen LogP contribution in [-0.4, -0.2) is 36.3 Å². The van der Waals surface area contributed by atoms with Gasteiger partial charge in [0.05, 0.1) is 6.61 Å². The molecule has 20 heavy (non-hydrogen) atoms. The minimum Gasteiger partial charge on any atom is -0.380 e. The van der Waals surface area contributed by atoms with Gasteiger partial charge in [0.1, 0.15) is 11.6 Å². The van der Waals surface area contributed by atoms with E-state index in [-0.39, 0.29) is 11.6 Å². The van der Waals surface area contributed by atoms with Crippen LogP contribution in [0.2, 0.25) is 0 Å². The average Bonchev–Trinajstić information content (AvgIpc) is 2.42. The predicted octanol–water partition coefficient (Wildman–Crippen LogP) is 1.64. The smallest absolute Gasteiger partial charge is 0.380 e. The molecule has 0 unspecified atom stereocenters. The summed E-state index contributed by atoms with van der Waals surface area (Å²) >= 11 is 0. The second kappa shape index (κ2) is 7.25. The number of alkyl halides is 3. The number of hydrogen-bond acceptors (Lipinski definition) is 6. The molecule has 3 N–H and O–H groups in total. The van der Waals surface area contributed by atoms with Crippen LogP contribution in [0.15, 0.2) is 6.07 Å². The van der Waals surface area contributed by atoms with Crippen LogP contribution in [0.5, 0.6) is 0 Å². The van der Waals surface area contributed by atoms with Crippen LogP contribution < -0.4 is 16.2 Å². The van der Waals surface area contributed by atoms with Gasteiger partial charge in [-0.05, 0) is 13.8 Å². The van der Waals surface area contributed by atoms with E-state index in [1.807, 2.05) is 13.8 Å². The summed E-state index contributed by atoms with van der Waals surface area (Å²) < 4.78 is 43.4. The number of anilines is 2. The molecule has 114 valence electrons. The Labute approximate surface area is 115 Å². The normalized spacial score (nSPS) is 11.5. The van der Waals surface area contributed by atoms with Crippen LogP contribution in [0.3, 0.4) is 0 Å². The molecule has 9 heteroatoms. The molecular formula is C11H18F3N5O. The molecule has 0 amide bonds. The van der Waals surface area contributed by atoms with Crippen LogP contribution in [0.1, 0.15) is 19.7 Å². The molecule has 0 saturated carbocycles. The molecule has 0 saturated heterocycles. The quantitative estimate of drug-likeness (QED) is 0.452. The lowest BCUT2D eigenvalue weighted by Crippen LogP contribution is -2.29. The van der Waals surface area contributed by atoms with Crippen LogP contribution >= 0.6 is 0 Å². The molecule has 0 aromatic carbocycles. The van der Waals surface area contributed by atoms with Crippen molar-refractivity contribution in [2.75, 3.05) is 36.6 Å². The fraction of sp³-hybridized carbons (Fsp3) is 0.636. The summed E-state index contributed by atoms with van der Waals surface area (Å²) in [6.45, 7) is 5.54. The number of likely N-dealkylation sites (N-methyl/N-ethyl adjacent to an activating group) is 1. The molecule has 0 radical (unpaired) electrons. The monoisotopic (exact) mass is 293 g/mol. The van der Waals surface area contributed by atoms with Gasteiger partial charge in [-0.1, -0.05) is 0 Å². The molecular weight excluding hydrogens is 275 g/mol. The fourth-order valence-electron chi connectivity index (χ4n) is 1.55. The maximum absolute atomic E-state index is 12.7. The van der Waals surface area contributed by atoms with Crippen molar-refractivity contribution in [3.8, 4) is 0 Å². The van der Waals surface area contributed by atoms with Crippen molar-refractivity contribution in [2.45, 2.75) is 20.0 Å². The fourth-order valence-corrected chi connectivity index (χ4v) is 1.55. The van der Waals surface area contributed by atoms with Crippen molar-refractivity contribution < 1.29 is 17.9 Å². The number of nitrogens with two attached hydrogens (primary N) is 1. The van der Waals surface area contributed by atoms with E-state index in [4.69, 9.17) is 10.6 Å². The van der Waals surface area contributed by atoms with E-state index < -0.39 is 12.0 Å². The summed E-state index contributed by atoms with van der Waals surface area (Å²) in [6, 6.07) is 1.37. The van der Waals surface area contributed by atoms with Gasteiger partial charge in [-0.25, -0.2) is 15.8 Å². The molecule has 6 nitrogen and oxygen atoms in total. The molecule has 1 aromatic rings. The molecule has 0 aliphatic rings. The van der Waals surface area contributed by atoms with Gasteiger partial charge in [-0.15, -0.1) is 0 Å². The van der Waals surface area contributed by atoms with E-state index in [1.165, 1.54) is 6.07 Å². The third-order valence-corrected chi connectivity index (χ3v) is 2.53. The first-order valence-corrected chi connectivity index (χ1v) is 6.18. The lowest BCUT2D eigenvalue weighted by molar-refractivity contribution is -0.144. The van der Waals surface area contributed by atoms with Crippen molar-refractivity contribution in [3.63, 3.8) is 0 Å². The highest BCUT2D eigenvalue weighted by atomic mass is 19.4. The Morgan fingerprint density at radius 1 is 1.35 bits per heavy atom. The first-order chi connectivity index (χ1) is 9.42. The minimum absolute atomic E-state index is 0.0859. The van der Waals surface area contributed by atoms with Gasteiger partial charge in [0, 0.05) is 25.8 Å². The maximum atomic E-state index is 12.7. The lowest BCUT2D eigenvalue weighted by Gasteiger charge is -2.23. The number of nitrogens with zero attached hydrogens (tertiary/aromatic N) is 3. The lowest BCUT2D eigenvalue weighted by atomic mass is 10.4. The van der Waals surface area contributed by atoms with Crippen molar-refractivity contribution in [1.29, 1.82) is 0 Å². The summed E-state index contributed by atoms with van der Waals surface area (Å²) in [5.74, 6) is 3.99. The standard InChI is InChI=1S/C11H18F3N5O/c1-3-19(5-6-20-4-2)9-7-8(18-15)16-10(17-9)11(12,13)14/h7H,3-6,15H2,1-2H3,(H,16,17,18). The van der Waals surface area contributed by atoms with E-state index in [9.17, 15) is 13.2 Å². The second-order valence-electron chi connectivity index (χ2n) is 3.85. The Morgan fingerprint density at radius 3 is 2.55 bits per heavy atom. The second-order valence-corrected chi connectivity index (χ2v) is 3.85. The van der Waals surface area contributed by atoms with Gasteiger partial charge < -0.3 is 15.1 Å². The van der Waals surface area contributed by atoms with Gasteiger partial charge in [0.15, 0.2) is 0 Å². The molecule has 0 atom stereocenters. The highest BCUT2D eigenvalue weighted by Gasteiger charge is 2.35. The molecule has 0 bridgehead atoms. The van der Waals surface area contributed by atoms with Gasteiger partial charge in [-0.3, -0.25) is 0 Å². The van der Waals surface area contributed by atoms with Gasteiger partial charge in [0.25, 0.3) is 0 Å². The number of hydrazine groups is 1. The minimum atomic E-state index is -4.62. The summed E-state index contributed by atoms with van der Waals surface area (Å²) in [7, 11) is 0. The Balaban J connectivity index is 3.02.